The van der Waals surface area contributed by atoms with Crippen LogP contribution in [0.3, 0.4) is 0 Å². The van der Waals surface area contributed by atoms with Gasteiger partial charge in [0, 0.05) is 44.4 Å². The molecule has 0 atom stereocenters. The van der Waals surface area contributed by atoms with Crippen molar-refractivity contribution in [2.45, 2.75) is 45.7 Å². The Hall–Kier alpha value is -2.76. The molecular weight excluding hydrogens is 350 g/mol. The third-order valence-electron chi connectivity index (χ3n) is 5.19. The van der Waals surface area contributed by atoms with Crippen molar-refractivity contribution in [1.82, 2.24) is 15.8 Å². The van der Waals surface area contributed by atoms with Crippen molar-refractivity contribution in [2.24, 2.45) is 4.99 Å². The van der Waals surface area contributed by atoms with Gasteiger partial charge in [-0.25, -0.2) is 0 Å². The number of aliphatic imine (C=N–C) groups is 1. The molecule has 1 aliphatic rings. The van der Waals surface area contributed by atoms with Gasteiger partial charge in [-0.1, -0.05) is 43.3 Å². The summed E-state index contributed by atoms with van der Waals surface area (Å²) >= 11 is 0. The lowest BCUT2D eigenvalue weighted by molar-refractivity contribution is 0.368. The maximum atomic E-state index is 5.47. The summed E-state index contributed by atoms with van der Waals surface area (Å²) in [6, 6.07) is 10.7. The van der Waals surface area contributed by atoms with Crippen molar-refractivity contribution in [3.05, 3.63) is 59.5 Å². The third-order valence-corrected chi connectivity index (χ3v) is 5.19. The number of nitrogens with one attached hydrogen (secondary N) is 2. The molecule has 2 aromatic rings. The first-order chi connectivity index (χ1) is 13.7. The largest absolute Gasteiger partial charge is 0.364 e. The number of rotatable bonds is 8. The molecule has 3 rings (SSSR count). The minimum Gasteiger partial charge on any atom is -0.364 e. The number of nitrogens with zero attached hydrogens (tertiary/aromatic N) is 3. The van der Waals surface area contributed by atoms with E-state index in [1.54, 1.807) is 7.05 Å². The maximum Gasteiger partial charge on any atom is 0.191 e. The smallest absolute Gasteiger partial charge is 0.191 e. The van der Waals surface area contributed by atoms with E-state index in [2.05, 4.69) is 75.9 Å². The summed E-state index contributed by atoms with van der Waals surface area (Å²) in [4.78, 5) is 6.65. The highest BCUT2D eigenvalue weighted by Crippen LogP contribution is 2.22. The Bertz CT molecular complexity index is 799. The summed E-state index contributed by atoms with van der Waals surface area (Å²) in [5.41, 5.74) is 3.52. The van der Waals surface area contributed by atoms with Crippen LogP contribution in [0.4, 0.5) is 5.69 Å². The molecule has 0 unspecified atom stereocenters. The summed E-state index contributed by atoms with van der Waals surface area (Å²) in [7, 11) is 1.78. The second-order valence-electron chi connectivity index (χ2n) is 7.06. The molecule has 28 heavy (non-hydrogen) atoms. The van der Waals surface area contributed by atoms with E-state index in [0.717, 1.165) is 43.3 Å². The summed E-state index contributed by atoms with van der Waals surface area (Å²) in [6.45, 7) is 7.60. The van der Waals surface area contributed by atoms with Gasteiger partial charge in [-0.15, -0.1) is 0 Å². The predicted octanol–water partition coefficient (Wildman–Crippen LogP) is 3.82. The molecule has 1 aliphatic heterocycles. The Morgan fingerprint density at radius 3 is 2.61 bits per heavy atom. The molecule has 1 aromatic carbocycles. The average Bonchev–Trinajstić information content (AvgIpc) is 3.42. The molecule has 0 bridgehead atoms. The average molecular weight is 382 g/mol. The molecule has 0 fully saturated rings. The van der Waals surface area contributed by atoms with Gasteiger partial charge in [0.05, 0.1) is 12.2 Å². The van der Waals surface area contributed by atoms with Crippen LogP contribution in [-0.2, 0) is 13.1 Å². The fraction of sp³-hybridized carbons (Fsp3) is 0.455. The third kappa shape index (κ3) is 5.15. The van der Waals surface area contributed by atoms with Crippen LogP contribution in [0.2, 0.25) is 0 Å². The molecule has 0 spiro atoms. The highest BCUT2D eigenvalue weighted by atomic mass is 16.5. The van der Waals surface area contributed by atoms with E-state index >= 15 is 0 Å². The molecule has 150 valence electrons. The first-order valence-corrected chi connectivity index (χ1v) is 10.1. The van der Waals surface area contributed by atoms with E-state index in [4.69, 9.17) is 4.52 Å². The van der Waals surface area contributed by atoms with Crippen molar-refractivity contribution in [3.63, 3.8) is 0 Å². The van der Waals surface area contributed by atoms with Crippen LogP contribution in [0, 0.1) is 0 Å². The molecule has 0 saturated carbocycles. The van der Waals surface area contributed by atoms with E-state index in [1.165, 1.54) is 11.3 Å². The standard InChI is InChI=1S/C22H31N5O/c1-4-18(5-2)21-14-20(28-26-21)16-25-22(23-3)24-15-17-9-8-10-19(13-17)27-11-6-7-12-27/h6-10,13-14,18H,4-5,11-12,15-16H2,1-3H3,(H2,23,24,25). The predicted molar refractivity (Wildman–Crippen MR) is 115 cm³/mol. The second kappa shape index (κ2) is 9.97. The zero-order chi connectivity index (χ0) is 19.8. The first kappa shape index (κ1) is 20.0. The molecule has 0 saturated heterocycles. The zero-order valence-electron chi connectivity index (χ0n) is 17.1. The molecular formula is C22H31N5O. The Morgan fingerprint density at radius 1 is 1.14 bits per heavy atom. The molecule has 0 aliphatic carbocycles. The molecule has 6 heteroatoms. The Labute approximate surface area is 167 Å². The Kier molecular flexibility index (Phi) is 7.12. The van der Waals surface area contributed by atoms with Gasteiger partial charge in [0.25, 0.3) is 0 Å². The molecule has 2 heterocycles. The van der Waals surface area contributed by atoms with Gasteiger partial charge >= 0.3 is 0 Å². The van der Waals surface area contributed by atoms with Crippen LogP contribution in [0.25, 0.3) is 0 Å². The summed E-state index contributed by atoms with van der Waals surface area (Å²) in [5.74, 6) is 2.04. The van der Waals surface area contributed by atoms with Crippen LogP contribution < -0.4 is 15.5 Å². The van der Waals surface area contributed by atoms with Crippen molar-refractivity contribution < 1.29 is 4.52 Å². The number of hydrogen-bond acceptors (Lipinski definition) is 4. The van der Waals surface area contributed by atoms with Crippen molar-refractivity contribution in [2.75, 3.05) is 25.0 Å². The summed E-state index contributed by atoms with van der Waals surface area (Å²) < 4.78 is 5.47. The number of anilines is 1. The highest BCUT2D eigenvalue weighted by Gasteiger charge is 2.13. The first-order valence-electron chi connectivity index (χ1n) is 10.1. The van der Waals surface area contributed by atoms with E-state index in [9.17, 15) is 0 Å². The molecule has 0 amide bonds. The highest BCUT2D eigenvalue weighted by molar-refractivity contribution is 5.79. The molecule has 0 radical (unpaired) electrons. The van der Waals surface area contributed by atoms with Crippen LogP contribution in [0.1, 0.15) is 49.6 Å². The lowest BCUT2D eigenvalue weighted by Gasteiger charge is -2.19. The van der Waals surface area contributed by atoms with Crippen molar-refractivity contribution >= 4 is 11.6 Å². The molecule has 2 N–H and O–H groups in total. The lowest BCUT2D eigenvalue weighted by Crippen LogP contribution is -2.36. The van der Waals surface area contributed by atoms with Crippen LogP contribution in [0.5, 0.6) is 0 Å². The topological polar surface area (TPSA) is 65.7 Å². The minimum absolute atomic E-state index is 0.466. The fourth-order valence-corrected chi connectivity index (χ4v) is 3.44. The number of hydrogen-bond donors (Lipinski definition) is 2. The maximum absolute atomic E-state index is 5.47. The summed E-state index contributed by atoms with van der Waals surface area (Å²) in [6.07, 6.45) is 6.56. The molecule has 6 nitrogen and oxygen atoms in total. The number of aromatic nitrogens is 1. The van der Waals surface area contributed by atoms with Gasteiger partial charge in [0.15, 0.2) is 11.7 Å². The lowest BCUT2D eigenvalue weighted by atomic mass is 9.99. The Balaban J connectivity index is 1.50. The van der Waals surface area contributed by atoms with Gasteiger partial charge in [0.2, 0.25) is 0 Å². The molecule has 1 aromatic heterocycles. The SMILES string of the molecule is CCC(CC)c1cc(CNC(=NC)NCc2cccc(N3CC=CC3)c2)on1. The van der Waals surface area contributed by atoms with Gasteiger partial charge in [-0.3, -0.25) is 4.99 Å². The zero-order valence-corrected chi connectivity index (χ0v) is 17.1. The summed E-state index contributed by atoms with van der Waals surface area (Å²) in [5, 5.41) is 10.9. The number of guanidine groups is 1. The van der Waals surface area contributed by atoms with Gasteiger partial charge in [0.1, 0.15) is 0 Å². The fourth-order valence-electron chi connectivity index (χ4n) is 3.44. The quantitative estimate of drug-likeness (QED) is 0.413. The normalized spacial score (nSPS) is 14.1. The van der Waals surface area contributed by atoms with Gasteiger partial charge in [-0.2, -0.15) is 0 Å². The van der Waals surface area contributed by atoms with Gasteiger partial charge < -0.3 is 20.1 Å². The van der Waals surface area contributed by atoms with Crippen molar-refractivity contribution in [3.8, 4) is 0 Å². The Morgan fingerprint density at radius 2 is 1.89 bits per heavy atom. The minimum atomic E-state index is 0.466. The second-order valence-corrected chi connectivity index (χ2v) is 7.06. The van der Waals surface area contributed by atoms with Crippen LogP contribution in [-0.4, -0.2) is 31.3 Å². The van der Waals surface area contributed by atoms with E-state index < -0.39 is 0 Å². The van der Waals surface area contributed by atoms with Gasteiger partial charge in [-0.05, 0) is 30.5 Å². The monoisotopic (exact) mass is 381 g/mol. The van der Waals surface area contributed by atoms with E-state index in [0.29, 0.717) is 19.0 Å². The van der Waals surface area contributed by atoms with E-state index in [1.807, 2.05) is 6.07 Å². The van der Waals surface area contributed by atoms with Crippen molar-refractivity contribution in [1.29, 1.82) is 0 Å². The van der Waals surface area contributed by atoms with E-state index in [-0.39, 0.29) is 0 Å². The van der Waals surface area contributed by atoms with Crippen LogP contribution >= 0.6 is 0 Å². The number of benzene rings is 1. The van der Waals surface area contributed by atoms with Crippen LogP contribution in [0.15, 0.2) is 52.0 Å².